The van der Waals surface area contributed by atoms with Crippen LogP contribution in [0.3, 0.4) is 0 Å². The molecule has 1 aromatic heterocycles. The predicted octanol–water partition coefficient (Wildman–Crippen LogP) is 2.45. The number of nitrogens with zero attached hydrogens (tertiary/aromatic N) is 1. The van der Waals surface area contributed by atoms with Crippen molar-refractivity contribution in [2.24, 2.45) is 4.99 Å². The SMILES string of the molecule is CCNC(=NCCCNC(=O)c1cccs1)NC(C)C.I. The lowest BCUT2D eigenvalue weighted by Crippen LogP contribution is -2.41. The van der Waals surface area contributed by atoms with E-state index in [0.29, 0.717) is 19.1 Å². The third-order valence-electron chi connectivity index (χ3n) is 2.40. The Morgan fingerprint density at radius 2 is 2.14 bits per heavy atom. The van der Waals surface area contributed by atoms with E-state index in [-0.39, 0.29) is 29.9 Å². The third kappa shape index (κ3) is 8.92. The number of rotatable bonds is 7. The van der Waals surface area contributed by atoms with E-state index in [0.717, 1.165) is 23.8 Å². The fourth-order valence-corrected chi connectivity index (χ4v) is 2.20. The maximum absolute atomic E-state index is 11.7. The van der Waals surface area contributed by atoms with E-state index >= 15 is 0 Å². The Balaban J connectivity index is 0.00000400. The number of aliphatic imine (C=N–C) groups is 1. The highest BCUT2D eigenvalue weighted by molar-refractivity contribution is 14.0. The molecule has 0 bridgehead atoms. The fourth-order valence-electron chi connectivity index (χ4n) is 1.56. The van der Waals surface area contributed by atoms with Crippen LogP contribution in [0.5, 0.6) is 0 Å². The van der Waals surface area contributed by atoms with E-state index in [1.165, 1.54) is 11.3 Å². The number of carbonyl (C=O) groups is 1. The molecule has 0 atom stereocenters. The largest absolute Gasteiger partial charge is 0.357 e. The standard InChI is InChI=1S/C14H24N4OS.HI/c1-4-15-14(18-11(2)3)17-9-6-8-16-13(19)12-7-5-10-20-12;/h5,7,10-11H,4,6,8-9H2,1-3H3,(H,16,19)(H2,15,17,18);1H. The van der Waals surface area contributed by atoms with E-state index in [2.05, 4.69) is 34.8 Å². The molecular formula is C14H25IN4OS. The topological polar surface area (TPSA) is 65.5 Å². The molecule has 21 heavy (non-hydrogen) atoms. The summed E-state index contributed by atoms with van der Waals surface area (Å²) in [4.78, 5) is 16.9. The molecule has 120 valence electrons. The molecule has 0 unspecified atom stereocenters. The molecule has 0 aliphatic heterocycles. The van der Waals surface area contributed by atoms with E-state index in [1.54, 1.807) is 0 Å². The van der Waals surface area contributed by atoms with Crippen molar-refractivity contribution in [2.45, 2.75) is 33.2 Å². The van der Waals surface area contributed by atoms with Crippen molar-refractivity contribution in [2.75, 3.05) is 19.6 Å². The molecule has 1 rings (SSSR count). The van der Waals surface area contributed by atoms with Gasteiger partial charge in [-0.25, -0.2) is 0 Å². The minimum atomic E-state index is -0.00353. The predicted molar refractivity (Wildman–Crippen MR) is 101 cm³/mol. The molecule has 7 heteroatoms. The molecular weight excluding hydrogens is 399 g/mol. The monoisotopic (exact) mass is 424 g/mol. The third-order valence-corrected chi connectivity index (χ3v) is 3.27. The zero-order valence-electron chi connectivity index (χ0n) is 12.8. The van der Waals surface area contributed by atoms with Gasteiger partial charge in [0.1, 0.15) is 0 Å². The Morgan fingerprint density at radius 1 is 1.38 bits per heavy atom. The first-order valence-corrected chi connectivity index (χ1v) is 7.88. The van der Waals surface area contributed by atoms with Crippen LogP contribution in [0.2, 0.25) is 0 Å². The van der Waals surface area contributed by atoms with Gasteiger partial charge in [-0.3, -0.25) is 9.79 Å². The van der Waals surface area contributed by atoms with Crippen LogP contribution < -0.4 is 16.0 Å². The van der Waals surface area contributed by atoms with Crippen molar-refractivity contribution >= 4 is 47.2 Å². The molecule has 0 aromatic carbocycles. The first-order chi connectivity index (χ1) is 9.63. The summed E-state index contributed by atoms with van der Waals surface area (Å²) in [6.45, 7) is 8.36. The Hall–Kier alpha value is -0.830. The van der Waals surface area contributed by atoms with Gasteiger partial charge in [-0.15, -0.1) is 35.3 Å². The molecule has 0 fully saturated rings. The van der Waals surface area contributed by atoms with Gasteiger partial charge in [0, 0.05) is 25.7 Å². The van der Waals surface area contributed by atoms with Gasteiger partial charge in [0.05, 0.1) is 4.88 Å². The molecule has 0 saturated carbocycles. The molecule has 5 nitrogen and oxygen atoms in total. The summed E-state index contributed by atoms with van der Waals surface area (Å²) >= 11 is 1.45. The van der Waals surface area contributed by atoms with Gasteiger partial charge in [-0.2, -0.15) is 0 Å². The second kappa shape index (κ2) is 11.8. The Kier molecular flexibility index (Phi) is 11.3. The second-order valence-electron chi connectivity index (χ2n) is 4.65. The lowest BCUT2D eigenvalue weighted by molar-refractivity contribution is 0.0957. The normalized spacial score (nSPS) is 11.0. The van der Waals surface area contributed by atoms with Crippen LogP contribution in [0.4, 0.5) is 0 Å². The summed E-state index contributed by atoms with van der Waals surface area (Å²) in [5.74, 6) is 0.822. The number of nitrogens with one attached hydrogen (secondary N) is 3. The van der Waals surface area contributed by atoms with Crippen molar-refractivity contribution in [3.8, 4) is 0 Å². The van der Waals surface area contributed by atoms with Crippen molar-refractivity contribution in [1.82, 2.24) is 16.0 Å². The summed E-state index contributed by atoms with van der Waals surface area (Å²) in [5, 5.41) is 11.2. The maximum Gasteiger partial charge on any atom is 0.261 e. The van der Waals surface area contributed by atoms with Crippen molar-refractivity contribution < 1.29 is 4.79 Å². The second-order valence-corrected chi connectivity index (χ2v) is 5.59. The average molecular weight is 424 g/mol. The number of hydrogen-bond acceptors (Lipinski definition) is 3. The van der Waals surface area contributed by atoms with Crippen LogP contribution in [0, 0.1) is 0 Å². The van der Waals surface area contributed by atoms with Crippen LogP contribution in [0.15, 0.2) is 22.5 Å². The van der Waals surface area contributed by atoms with Crippen molar-refractivity contribution in [3.05, 3.63) is 22.4 Å². The number of guanidine groups is 1. The number of amides is 1. The van der Waals surface area contributed by atoms with Crippen LogP contribution in [0.1, 0.15) is 36.9 Å². The van der Waals surface area contributed by atoms with Gasteiger partial charge in [-0.1, -0.05) is 6.07 Å². The van der Waals surface area contributed by atoms with Crippen LogP contribution in [-0.4, -0.2) is 37.5 Å². The summed E-state index contributed by atoms with van der Waals surface area (Å²) in [6.07, 6.45) is 0.825. The van der Waals surface area contributed by atoms with Crippen molar-refractivity contribution in [3.63, 3.8) is 0 Å². The minimum absolute atomic E-state index is 0. The van der Waals surface area contributed by atoms with Gasteiger partial charge in [-0.05, 0) is 38.6 Å². The van der Waals surface area contributed by atoms with Crippen LogP contribution in [-0.2, 0) is 0 Å². The summed E-state index contributed by atoms with van der Waals surface area (Å²) < 4.78 is 0. The molecule has 0 aliphatic rings. The molecule has 1 aromatic rings. The van der Waals surface area contributed by atoms with Crippen LogP contribution in [0.25, 0.3) is 0 Å². The molecule has 0 spiro atoms. The number of thiophene rings is 1. The maximum atomic E-state index is 11.7. The summed E-state index contributed by atoms with van der Waals surface area (Å²) in [5.41, 5.74) is 0. The Bertz CT molecular complexity index is 421. The molecule has 1 heterocycles. The highest BCUT2D eigenvalue weighted by atomic mass is 127. The molecule has 1 amide bonds. The van der Waals surface area contributed by atoms with Gasteiger partial charge >= 0.3 is 0 Å². The lowest BCUT2D eigenvalue weighted by atomic mass is 10.4. The number of carbonyl (C=O) groups excluding carboxylic acids is 1. The zero-order chi connectivity index (χ0) is 14.8. The molecule has 0 saturated heterocycles. The van der Waals surface area contributed by atoms with E-state index in [4.69, 9.17) is 0 Å². The van der Waals surface area contributed by atoms with Gasteiger partial charge < -0.3 is 16.0 Å². The summed E-state index contributed by atoms with van der Waals surface area (Å²) in [7, 11) is 0. The van der Waals surface area contributed by atoms with E-state index in [9.17, 15) is 4.79 Å². The first-order valence-electron chi connectivity index (χ1n) is 7.00. The van der Waals surface area contributed by atoms with Gasteiger partial charge in [0.15, 0.2) is 5.96 Å². The molecule has 0 radical (unpaired) electrons. The van der Waals surface area contributed by atoms with Gasteiger partial charge in [0.25, 0.3) is 5.91 Å². The number of hydrogen-bond donors (Lipinski definition) is 3. The van der Waals surface area contributed by atoms with Gasteiger partial charge in [0.2, 0.25) is 0 Å². The highest BCUT2D eigenvalue weighted by Gasteiger charge is 2.04. The highest BCUT2D eigenvalue weighted by Crippen LogP contribution is 2.07. The molecule has 0 aliphatic carbocycles. The van der Waals surface area contributed by atoms with Crippen LogP contribution >= 0.6 is 35.3 Å². The fraction of sp³-hybridized carbons (Fsp3) is 0.571. The Labute approximate surface area is 148 Å². The average Bonchev–Trinajstić information content (AvgIpc) is 2.91. The first kappa shape index (κ1) is 20.2. The van der Waals surface area contributed by atoms with E-state index in [1.807, 2.05) is 24.4 Å². The molecule has 3 N–H and O–H groups in total. The number of halogens is 1. The summed E-state index contributed by atoms with van der Waals surface area (Å²) in [6, 6.07) is 4.06. The zero-order valence-corrected chi connectivity index (χ0v) is 16.0. The lowest BCUT2D eigenvalue weighted by Gasteiger charge is -2.13. The quantitative estimate of drug-likeness (QED) is 0.273. The van der Waals surface area contributed by atoms with Crippen molar-refractivity contribution in [1.29, 1.82) is 0 Å². The Morgan fingerprint density at radius 3 is 2.71 bits per heavy atom. The smallest absolute Gasteiger partial charge is 0.261 e. The minimum Gasteiger partial charge on any atom is -0.357 e. The van der Waals surface area contributed by atoms with E-state index < -0.39 is 0 Å².